The second-order valence-corrected chi connectivity index (χ2v) is 7.69. The van der Waals surface area contributed by atoms with Crippen LogP contribution in [0.1, 0.15) is 27.7 Å². The molecule has 0 saturated heterocycles. The fourth-order valence-electron chi connectivity index (χ4n) is 1.05. The van der Waals surface area contributed by atoms with Gasteiger partial charge >= 0.3 is 0 Å². The van der Waals surface area contributed by atoms with E-state index in [9.17, 15) is 4.57 Å². The second-order valence-electron chi connectivity index (χ2n) is 2.86. The molecule has 0 aromatic carbocycles. The van der Waals surface area contributed by atoms with E-state index in [1.807, 2.05) is 27.7 Å². The molecule has 0 radical (unpaired) electrons. The highest BCUT2D eigenvalue weighted by Crippen LogP contribution is 2.58. The lowest BCUT2D eigenvalue weighted by atomic mass is 10.9. The minimum absolute atomic E-state index is 0.411. The topological polar surface area (TPSA) is 44.8 Å². The molecule has 1 unspecified atom stereocenters. The van der Waals surface area contributed by atoms with E-state index in [1.165, 1.54) is 0 Å². The van der Waals surface area contributed by atoms with Gasteiger partial charge in [0.2, 0.25) is 7.37 Å². The number of hydrogen-bond donors (Lipinski definition) is 0. The van der Waals surface area contributed by atoms with Crippen LogP contribution in [0.5, 0.6) is 0 Å². The third kappa shape index (κ3) is 6.65. The second kappa shape index (κ2) is 8.66. The van der Waals surface area contributed by atoms with Gasteiger partial charge in [-0.1, -0.05) is 6.92 Å². The molecule has 1 atom stereocenters. The molecule has 15 heavy (non-hydrogen) atoms. The molecule has 0 amide bonds. The smallest absolute Gasteiger partial charge is 0.211 e. The maximum Gasteiger partial charge on any atom is 0.211 e. The Bertz CT molecular complexity index is 193. The van der Waals surface area contributed by atoms with E-state index >= 15 is 0 Å². The van der Waals surface area contributed by atoms with Crippen LogP contribution in [0.2, 0.25) is 0 Å². The quantitative estimate of drug-likeness (QED) is 0.590. The summed E-state index contributed by atoms with van der Waals surface area (Å²) in [5.41, 5.74) is 0. The first-order valence-electron chi connectivity index (χ1n) is 5.37. The SMILES string of the molecule is CCOP(CP(=O)(CC)OCC)OCC. The minimum Gasteiger partial charge on any atom is -0.334 e. The first-order chi connectivity index (χ1) is 7.11. The molecule has 4 nitrogen and oxygen atoms in total. The molecule has 0 aromatic rings. The van der Waals surface area contributed by atoms with Crippen LogP contribution in [0.15, 0.2) is 0 Å². The zero-order valence-corrected chi connectivity index (χ0v) is 11.9. The Morgan fingerprint density at radius 2 is 1.53 bits per heavy atom. The fraction of sp³-hybridized carbons (Fsp3) is 1.00. The Morgan fingerprint density at radius 3 is 1.87 bits per heavy atom. The summed E-state index contributed by atoms with van der Waals surface area (Å²) in [4.78, 5) is 0. The lowest BCUT2D eigenvalue weighted by molar-refractivity contribution is 0.270. The van der Waals surface area contributed by atoms with Crippen molar-refractivity contribution in [3.8, 4) is 0 Å². The van der Waals surface area contributed by atoms with Crippen molar-refractivity contribution in [2.45, 2.75) is 27.7 Å². The summed E-state index contributed by atoms with van der Waals surface area (Å²) in [6, 6.07) is 0. The number of rotatable bonds is 9. The van der Waals surface area contributed by atoms with Crippen molar-refractivity contribution in [2.75, 3.05) is 31.9 Å². The molecule has 0 heterocycles. The van der Waals surface area contributed by atoms with Gasteiger partial charge in [-0.15, -0.1) is 0 Å². The molecule has 0 aliphatic heterocycles. The molecule has 0 fully saturated rings. The third-order valence-electron chi connectivity index (χ3n) is 1.72. The Balaban J connectivity index is 4.26. The standard InChI is InChI=1S/C9H22O4P2/c1-5-11-14(12-6-2)9-15(10,8-4)13-7-3/h5-9H2,1-4H3. The molecule has 6 heteroatoms. The van der Waals surface area contributed by atoms with Crippen molar-refractivity contribution < 1.29 is 18.1 Å². The highest BCUT2D eigenvalue weighted by molar-refractivity contribution is 7.71. The van der Waals surface area contributed by atoms with Crippen LogP contribution in [-0.2, 0) is 18.1 Å². The van der Waals surface area contributed by atoms with Crippen molar-refractivity contribution >= 4 is 15.7 Å². The van der Waals surface area contributed by atoms with Crippen LogP contribution < -0.4 is 0 Å². The van der Waals surface area contributed by atoms with E-state index in [2.05, 4.69) is 0 Å². The Labute approximate surface area is 94.0 Å². The molecule has 0 aliphatic rings. The van der Waals surface area contributed by atoms with Gasteiger partial charge in [-0.25, -0.2) is 0 Å². The van der Waals surface area contributed by atoms with Gasteiger partial charge in [0, 0.05) is 6.16 Å². The Morgan fingerprint density at radius 1 is 1.00 bits per heavy atom. The van der Waals surface area contributed by atoms with Crippen molar-refractivity contribution in [3.05, 3.63) is 0 Å². The zero-order valence-electron chi connectivity index (χ0n) is 10.1. The van der Waals surface area contributed by atoms with Crippen molar-refractivity contribution in [2.24, 2.45) is 0 Å². The molecular formula is C9H22O4P2. The number of hydrogen-bond acceptors (Lipinski definition) is 4. The summed E-state index contributed by atoms with van der Waals surface area (Å²) in [6.07, 6.45) is 0.541. The first kappa shape index (κ1) is 15.5. The summed E-state index contributed by atoms with van der Waals surface area (Å²) in [7, 11) is -3.59. The van der Waals surface area contributed by atoms with Crippen molar-refractivity contribution in [1.82, 2.24) is 0 Å². The van der Waals surface area contributed by atoms with E-state index in [0.717, 1.165) is 0 Å². The minimum atomic E-state index is -2.54. The highest BCUT2D eigenvalue weighted by atomic mass is 31.2. The Hall–Kier alpha value is 0.540. The van der Waals surface area contributed by atoms with E-state index in [4.69, 9.17) is 13.6 Å². The summed E-state index contributed by atoms with van der Waals surface area (Å²) in [5, 5.41) is 0. The normalized spacial score (nSPS) is 15.5. The van der Waals surface area contributed by atoms with Gasteiger partial charge < -0.3 is 13.6 Å². The zero-order chi connectivity index (χ0) is 11.7. The largest absolute Gasteiger partial charge is 0.334 e. The molecular weight excluding hydrogens is 234 g/mol. The molecule has 0 N–H and O–H groups in total. The molecule has 0 rings (SSSR count). The van der Waals surface area contributed by atoms with Gasteiger partial charge in [0.1, 0.15) is 0 Å². The Kier molecular flexibility index (Phi) is 8.98. The monoisotopic (exact) mass is 256 g/mol. The van der Waals surface area contributed by atoms with Gasteiger partial charge in [-0.2, -0.15) is 0 Å². The van der Waals surface area contributed by atoms with Crippen molar-refractivity contribution in [1.29, 1.82) is 0 Å². The first-order valence-corrected chi connectivity index (χ1v) is 8.73. The van der Waals surface area contributed by atoms with E-state index in [0.29, 0.717) is 31.9 Å². The lowest BCUT2D eigenvalue weighted by Crippen LogP contribution is -2.01. The molecule has 0 spiro atoms. The fourth-order valence-corrected chi connectivity index (χ4v) is 5.54. The average molecular weight is 256 g/mol. The molecule has 0 aromatic heterocycles. The van der Waals surface area contributed by atoms with Crippen LogP contribution in [0.4, 0.5) is 0 Å². The van der Waals surface area contributed by atoms with Gasteiger partial charge in [0.25, 0.3) is 0 Å². The maximum absolute atomic E-state index is 12.2. The summed E-state index contributed by atoms with van der Waals surface area (Å²) in [6.45, 7) is 9.20. The van der Waals surface area contributed by atoms with Crippen molar-refractivity contribution in [3.63, 3.8) is 0 Å². The summed E-state index contributed by atoms with van der Waals surface area (Å²) >= 11 is 0. The van der Waals surface area contributed by atoms with Gasteiger partial charge in [0.05, 0.1) is 25.7 Å². The molecule has 0 aliphatic carbocycles. The van der Waals surface area contributed by atoms with Gasteiger partial charge in [0.15, 0.2) is 8.38 Å². The van der Waals surface area contributed by atoms with Gasteiger partial charge in [-0.3, -0.25) is 4.57 Å². The maximum atomic E-state index is 12.2. The van der Waals surface area contributed by atoms with Crippen LogP contribution in [0.3, 0.4) is 0 Å². The predicted molar refractivity (Wildman–Crippen MR) is 64.8 cm³/mol. The summed E-state index contributed by atoms with van der Waals surface area (Å²) in [5.74, 6) is 0.411. The van der Waals surface area contributed by atoms with Crippen LogP contribution in [0, 0.1) is 0 Å². The van der Waals surface area contributed by atoms with Gasteiger partial charge in [-0.05, 0) is 20.8 Å². The van der Waals surface area contributed by atoms with E-state index < -0.39 is 15.7 Å². The van der Waals surface area contributed by atoms with Crippen LogP contribution >= 0.6 is 15.7 Å². The van der Waals surface area contributed by atoms with E-state index in [1.54, 1.807) is 0 Å². The molecule has 0 bridgehead atoms. The third-order valence-corrected chi connectivity index (χ3v) is 7.16. The van der Waals surface area contributed by atoms with Crippen LogP contribution in [-0.4, -0.2) is 31.9 Å². The molecule has 0 saturated carbocycles. The van der Waals surface area contributed by atoms with Crippen LogP contribution in [0.25, 0.3) is 0 Å². The molecule has 92 valence electrons. The highest BCUT2D eigenvalue weighted by Gasteiger charge is 2.26. The lowest BCUT2D eigenvalue weighted by Gasteiger charge is -2.21. The predicted octanol–water partition coefficient (Wildman–Crippen LogP) is 3.66. The summed E-state index contributed by atoms with van der Waals surface area (Å²) < 4.78 is 28.3. The van der Waals surface area contributed by atoms with E-state index in [-0.39, 0.29) is 0 Å². The average Bonchev–Trinajstić information content (AvgIpc) is 2.19.